The summed E-state index contributed by atoms with van der Waals surface area (Å²) in [6.45, 7) is 1.94. The van der Waals surface area contributed by atoms with E-state index in [1.54, 1.807) is 67.8 Å². The molecule has 0 saturated carbocycles. The Kier molecular flexibility index (Phi) is 5.38. The van der Waals surface area contributed by atoms with Crippen molar-refractivity contribution in [2.45, 2.75) is 13.0 Å². The fourth-order valence-electron chi connectivity index (χ4n) is 4.17. The van der Waals surface area contributed by atoms with Crippen LogP contribution >= 0.6 is 11.6 Å². The minimum absolute atomic E-state index is 0.0101. The van der Waals surface area contributed by atoms with Gasteiger partial charge in [0, 0.05) is 16.1 Å². The Morgan fingerprint density at radius 2 is 1.74 bits per heavy atom. The van der Waals surface area contributed by atoms with Crippen LogP contribution in [-0.4, -0.2) is 23.9 Å². The number of Topliss-reactive ketones (excluding diaryl/α,β-unsaturated/α-hetero) is 1. The molecule has 7 heteroatoms. The van der Waals surface area contributed by atoms with Crippen LogP contribution in [0.2, 0.25) is 5.02 Å². The first-order chi connectivity index (χ1) is 16.4. The second kappa shape index (κ2) is 8.39. The predicted octanol–water partition coefficient (Wildman–Crippen LogP) is 6.19. The third kappa shape index (κ3) is 3.62. The molecule has 1 amide bonds. The van der Waals surface area contributed by atoms with E-state index in [1.165, 1.54) is 4.90 Å². The van der Waals surface area contributed by atoms with E-state index in [-0.39, 0.29) is 11.3 Å². The van der Waals surface area contributed by atoms with E-state index in [0.29, 0.717) is 33.0 Å². The summed E-state index contributed by atoms with van der Waals surface area (Å²) in [5, 5.41) is 12.1. The molecule has 3 aromatic carbocycles. The summed E-state index contributed by atoms with van der Waals surface area (Å²) in [5.74, 6) is -1.20. The van der Waals surface area contributed by atoms with Crippen LogP contribution in [0.15, 0.2) is 88.5 Å². The molecular weight excluding hydrogens is 454 g/mol. The maximum Gasteiger partial charge on any atom is 0.294 e. The molecule has 0 bridgehead atoms. The summed E-state index contributed by atoms with van der Waals surface area (Å²) in [7, 11) is 1.56. The Bertz CT molecular complexity index is 1450. The number of aliphatic hydroxyl groups is 1. The number of aryl methyl sites for hydroxylation is 1. The highest BCUT2D eigenvalue weighted by Crippen LogP contribution is 2.42. The third-order valence-electron chi connectivity index (χ3n) is 5.90. The molecule has 1 N–H and O–H groups in total. The fraction of sp³-hybridized carbons (Fsp3) is 0.111. The van der Waals surface area contributed by atoms with E-state index in [0.717, 1.165) is 5.56 Å². The van der Waals surface area contributed by atoms with Crippen molar-refractivity contribution in [2.24, 2.45) is 0 Å². The van der Waals surface area contributed by atoms with Gasteiger partial charge in [-0.1, -0.05) is 41.4 Å². The molecule has 2 heterocycles. The molecule has 0 radical (unpaired) electrons. The number of anilines is 1. The molecule has 170 valence electrons. The number of amides is 1. The van der Waals surface area contributed by atoms with Crippen molar-refractivity contribution in [1.29, 1.82) is 0 Å². The van der Waals surface area contributed by atoms with Crippen molar-refractivity contribution in [1.82, 2.24) is 0 Å². The molecule has 0 fully saturated rings. The smallest absolute Gasteiger partial charge is 0.294 e. The van der Waals surface area contributed by atoms with Gasteiger partial charge in [-0.05, 0) is 61.0 Å². The van der Waals surface area contributed by atoms with Gasteiger partial charge in [-0.25, -0.2) is 0 Å². The quantitative estimate of drug-likeness (QED) is 0.350. The van der Waals surface area contributed by atoms with Crippen LogP contribution in [0.3, 0.4) is 0 Å². The van der Waals surface area contributed by atoms with Crippen molar-refractivity contribution in [2.75, 3.05) is 12.0 Å². The molecule has 0 aliphatic carbocycles. The number of furan rings is 1. The van der Waals surface area contributed by atoms with Gasteiger partial charge in [-0.3, -0.25) is 14.5 Å². The van der Waals surface area contributed by atoms with E-state index in [1.807, 2.05) is 19.1 Å². The Morgan fingerprint density at radius 1 is 1.03 bits per heavy atom. The number of hydrogen-bond donors (Lipinski definition) is 1. The summed E-state index contributed by atoms with van der Waals surface area (Å²) in [6, 6.07) is 20.1. The lowest BCUT2D eigenvalue weighted by atomic mass is 9.94. The Hall–Kier alpha value is -4.03. The monoisotopic (exact) mass is 473 g/mol. The minimum Gasteiger partial charge on any atom is -0.503 e. The SMILES string of the molecule is COc1ccc(C2C(C(=O)c3cc4cc(Cl)ccc4o3)=C(O)C(=O)N2c2ccc(C)cc2)cc1. The molecule has 1 atom stereocenters. The molecule has 1 unspecified atom stereocenters. The molecule has 1 aliphatic rings. The first-order valence-corrected chi connectivity index (χ1v) is 11.0. The number of aliphatic hydroxyl groups excluding tert-OH is 1. The second-order valence-electron chi connectivity index (χ2n) is 8.07. The number of methoxy groups -OCH3 is 1. The lowest BCUT2D eigenvalue weighted by Crippen LogP contribution is -2.31. The van der Waals surface area contributed by atoms with Crippen molar-refractivity contribution >= 4 is 39.9 Å². The lowest BCUT2D eigenvalue weighted by Gasteiger charge is -2.27. The fourth-order valence-corrected chi connectivity index (χ4v) is 4.35. The van der Waals surface area contributed by atoms with E-state index >= 15 is 0 Å². The zero-order chi connectivity index (χ0) is 24.0. The van der Waals surface area contributed by atoms with Gasteiger partial charge in [-0.2, -0.15) is 0 Å². The molecule has 1 aliphatic heterocycles. The first kappa shape index (κ1) is 21.8. The number of nitrogens with zero attached hydrogens (tertiary/aromatic N) is 1. The summed E-state index contributed by atoms with van der Waals surface area (Å²) < 4.78 is 11.0. The Morgan fingerprint density at radius 3 is 2.41 bits per heavy atom. The highest BCUT2D eigenvalue weighted by Gasteiger charge is 2.45. The Labute approximate surface area is 200 Å². The molecule has 0 spiro atoms. The van der Waals surface area contributed by atoms with Crippen molar-refractivity contribution in [3.63, 3.8) is 0 Å². The van der Waals surface area contributed by atoms with E-state index in [4.69, 9.17) is 20.8 Å². The summed E-state index contributed by atoms with van der Waals surface area (Å²) in [4.78, 5) is 28.3. The standard InChI is InChI=1S/C27H20ClNO5/c1-15-3-8-19(9-4-15)29-24(16-5-10-20(33-2)11-6-16)23(26(31)27(29)32)25(30)22-14-17-13-18(28)7-12-21(17)34-22/h3-14,24,31H,1-2H3. The second-order valence-corrected chi connectivity index (χ2v) is 8.51. The van der Waals surface area contributed by atoms with Gasteiger partial charge in [-0.15, -0.1) is 0 Å². The minimum atomic E-state index is -0.856. The zero-order valence-corrected chi connectivity index (χ0v) is 19.2. The van der Waals surface area contributed by atoms with Gasteiger partial charge in [0.05, 0.1) is 18.7 Å². The van der Waals surface area contributed by atoms with Crippen LogP contribution in [0.5, 0.6) is 5.75 Å². The lowest BCUT2D eigenvalue weighted by molar-refractivity contribution is -0.117. The number of ketones is 1. The van der Waals surface area contributed by atoms with E-state index in [2.05, 4.69) is 0 Å². The van der Waals surface area contributed by atoms with Crippen LogP contribution in [-0.2, 0) is 4.79 Å². The topological polar surface area (TPSA) is 80.0 Å². The normalized spacial score (nSPS) is 15.9. The van der Waals surface area contributed by atoms with Crippen LogP contribution in [0.1, 0.15) is 27.7 Å². The number of ether oxygens (including phenoxy) is 1. The maximum absolute atomic E-state index is 13.6. The number of hydrogen-bond acceptors (Lipinski definition) is 5. The third-order valence-corrected chi connectivity index (χ3v) is 6.13. The summed E-state index contributed by atoms with van der Waals surface area (Å²) in [6.07, 6.45) is 0. The number of rotatable bonds is 5. The molecule has 5 rings (SSSR count). The van der Waals surface area contributed by atoms with E-state index in [9.17, 15) is 14.7 Å². The van der Waals surface area contributed by atoms with E-state index < -0.39 is 23.5 Å². The van der Waals surface area contributed by atoms with Gasteiger partial charge in [0.1, 0.15) is 11.3 Å². The summed E-state index contributed by atoms with van der Waals surface area (Å²) >= 11 is 6.07. The van der Waals surface area contributed by atoms with Gasteiger partial charge in [0.15, 0.2) is 11.5 Å². The number of carbonyl (C=O) groups is 2. The highest BCUT2D eigenvalue weighted by atomic mass is 35.5. The predicted molar refractivity (Wildman–Crippen MR) is 130 cm³/mol. The first-order valence-electron chi connectivity index (χ1n) is 10.6. The maximum atomic E-state index is 13.6. The molecule has 0 saturated heterocycles. The van der Waals surface area contributed by atoms with Crippen LogP contribution in [0.25, 0.3) is 11.0 Å². The van der Waals surface area contributed by atoms with Gasteiger partial charge in [0.2, 0.25) is 5.78 Å². The van der Waals surface area contributed by atoms with Gasteiger partial charge < -0.3 is 14.3 Å². The number of fused-ring (bicyclic) bond motifs is 1. The average molecular weight is 474 g/mol. The molecule has 6 nitrogen and oxygen atoms in total. The van der Waals surface area contributed by atoms with Crippen LogP contribution < -0.4 is 9.64 Å². The van der Waals surface area contributed by atoms with Gasteiger partial charge in [0.25, 0.3) is 5.91 Å². The van der Waals surface area contributed by atoms with Crippen LogP contribution in [0.4, 0.5) is 5.69 Å². The molecular formula is C27H20ClNO5. The highest BCUT2D eigenvalue weighted by molar-refractivity contribution is 6.31. The molecule has 34 heavy (non-hydrogen) atoms. The summed E-state index contributed by atoms with van der Waals surface area (Å²) in [5.41, 5.74) is 2.64. The Balaban J connectivity index is 1.65. The zero-order valence-electron chi connectivity index (χ0n) is 18.4. The molecule has 4 aromatic rings. The number of benzene rings is 3. The van der Waals surface area contributed by atoms with Crippen molar-refractivity contribution in [3.8, 4) is 5.75 Å². The largest absolute Gasteiger partial charge is 0.503 e. The molecule has 1 aromatic heterocycles. The number of carbonyl (C=O) groups excluding carboxylic acids is 2. The van der Waals surface area contributed by atoms with Gasteiger partial charge >= 0.3 is 0 Å². The number of halogens is 1. The average Bonchev–Trinajstić information content (AvgIpc) is 3.38. The van der Waals surface area contributed by atoms with Crippen LogP contribution in [0, 0.1) is 6.92 Å². The van der Waals surface area contributed by atoms with Crippen molar-refractivity contribution < 1.29 is 23.8 Å². The van der Waals surface area contributed by atoms with Crippen molar-refractivity contribution in [3.05, 3.63) is 106 Å².